The Balaban J connectivity index is 1.17. The van der Waals surface area contributed by atoms with Crippen LogP contribution in [0.4, 0.5) is 0 Å². The molecule has 4 heterocycles. The first-order valence-electron chi connectivity index (χ1n) is 18.7. The van der Waals surface area contributed by atoms with Gasteiger partial charge in [-0.2, -0.15) is 0 Å². The summed E-state index contributed by atoms with van der Waals surface area (Å²) in [4.78, 5) is 14.9. The Morgan fingerprint density at radius 3 is 1.48 bits per heavy atom. The maximum absolute atomic E-state index is 5.33. The van der Waals surface area contributed by atoms with E-state index in [0.717, 1.165) is 50.3 Å². The van der Waals surface area contributed by atoms with Crippen molar-refractivity contribution in [2.45, 2.75) is 0 Å². The second-order valence-electron chi connectivity index (χ2n) is 14.0. The third kappa shape index (κ3) is 5.68. The maximum atomic E-state index is 5.33. The molecule has 56 heavy (non-hydrogen) atoms. The summed E-state index contributed by atoms with van der Waals surface area (Å²) in [5.41, 5.74) is 11.7. The van der Waals surface area contributed by atoms with E-state index < -0.39 is 0 Å². The molecule has 0 N–H and O–H groups in total. The van der Waals surface area contributed by atoms with Crippen LogP contribution in [0.25, 0.3) is 108 Å². The van der Waals surface area contributed by atoms with Crippen molar-refractivity contribution >= 4 is 63.0 Å². The van der Waals surface area contributed by atoms with Crippen LogP contribution in [0.2, 0.25) is 0 Å². The van der Waals surface area contributed by atoms with Gasteiger partial charge < -0.3 is 0 Å². The zero-order valence-electron chi connectivity index (χ0n) is 30.1. The summed E-state index contributed by atoms with van der Waals surface area (Å²) in [6.45, 7) is 0. The van der Waals surface area contributed by atoms with Crippen molar-refractivity contribution in [3.8, 4) is 67.3 Å². The number of thiophene rings is 2. The Bertz CT molecular complexity index is 3120. The maximum Gasteiger partial charge on any atom is 0.160 e. The highest BCUT2D eigenvalue weighted by Crippen LogP contribution is 2.45. The average Bonchev–Trinajstić information content (AvgIpc) is 3.86. The molecule has 0 aliphatic carbocycles. The summed E-state index contributed by atoms with van der Waals surface area (Å²) in [5.74, 6) is 0.690. The normalized spacial score (nSPS) is 11.6. The highest BCUT2D eigenvalue weighted by atomic mass is 32.1. The minimum absolute atomic E-state index is 0.690. The Labute approximate surface area is 331 Å². The molecule has 0 radical (unpaired) electrons. The number of rotatable bonds is 6. The SMILES string of the molecule is c1ccc(-c2nc(-c3cccc(-c4cccnc4)c3)cc(-c3cc(-c4cccc5c4sc4ccccc45)cc(-c4cccc5c4sc4ccccc45)c3)n2)cc1. The van der Waals surface area contributed by atoms with Crippen molar-refractivity contribution in [2.24, 2.45) is 0 Å². The summed E-state index contributed by atoms with van der Waals surface area (Å²) in [7, 11) is 0. The van der Waals surface area contributed by atoms with Gasteiger partial charge in [-0.15, -0.1) is 22.7 Å². The molecule has 7 aromatic carbocycles. The van der Waals surface area contributed by atoms with Crippen molar-refractivity contribution in [1.82, 2.24) is 15.0 Å². The predicted octanol–water partition coefficient (Wildman–Crippen LogP) is 14.6. The number of hydrogen-bond acceptors (Lipinski definition) is 5. The lowest BCUT2D eigenvalue weighted by molar-refractivity contribution is 1.18. The number of benzene rings is 7. The van der Waals surface area contributed by atoms with Crippen molar-refractivity contribution in [3.05, 3.63) is 188 Å². The molecule has 0 bridgehead atoms. The van der Waals surface area contributed by atoms with Gasteiger partial charge >= 0.3 is 0 Å². The highest BCUT2D eigenvalue weighted by molar-refractivity contribution is 7.26. The molecule has 3 nitrogen and oxygen atoms in total. The fourth-order valence-electron chi connectivity index (χ4n) is 7.89. The van der Waals surface area contributed by atoms with Crippen molar-refractivity contribution in [2.75, 3.05) is 0 Å². The Morgan fingerprint density at radius 1 is 0.339 bits per heavy atom. The standard InChI is InChI=1S/C51H31N3S2/c1-2-12-32(13-3-1)51-53-45(34-15-8-14-33(26-34)35-16-11-25-52-31-35)30-46(54-51)38-28-36(39-19-9-21-43-41-17-4-6-23-47(41)55-49(39)43)27-37(29-38)40-20-10-22-44-42-18-5-7-24-48(42)56-50(40)44/h1-31H. The summed E-state index contributed by atoms with van der Waals surface area (Å²) >= 11 is 3.73. The van der Waals surface area contributed by atoms with Crippen LogP contribution in [0.1, 0.15) is 0 Å². The van der Waals surface area contributed by atoms with E-state index in [-0.39, 0.29) is 0 Å². The Morgan fingerprint density at radius 2 is 0.839 bits per heavy atom. The fraction of sp³-hybridized carbons (Fsp3) is 0. The zero-order chi connectivity index (χ0) is 37.0. The van der Waals surface area contributed by atoms with Crippen LogP contribution in [-0.4, -0.2) is 15.0 Å². The topological polar surface area (TPSA) is 38.7 Å². The molecular weight excluding hydrogens is 719 g/mol. The smallest absolute Gasteiger partial charge is 0.160 e. The molecule has 0 saturated heterocycles. The average molecular weight is 750 g/mol. The second-order valence-corrected chi connectivity index (χ2v) is 16.1. The van der Waals surface area contributed by atoms with Gasteiger partial charge in [0.05, 0.1) is 11.4 Å². The van der Waals surface area contributed by atoms with Crippen molar-refractivity contribution in [1.29, 1.82) is 0 Å². The summed E-state index contributed by atoms with van der Waals surface area (Å²) in [6.07, 6.45) is 3.71. The van der Waals surface area contributed by atoms with Crippen LogP contribution in [0.15, 0.2) is 188 Å². The number of nitrogens with zero attached hydrogens (tertiary/aromatic N) is 3. The minimum atomic E-state index is 0.690. The number of aromatic nitrogens is 3. The summed E-state index contributed by atoms with van der Waals surface area (Å²) in [6, 6.07) is 63.0. The minimum Gasteiger partial charge on any atom is -0.264 e. The zero-order valence-corrected chi connectivity index (χ0v) is 31.7. The van der Waals surface area contributed by atoms with E-state index in [1.807, 2.05) is 53.1 Å². The number of pyridine rings is 1. The van der Waals surface area contributed by atoms with Crippen LogP contribution >= 0.6 is 22.7 Å². The van der Waals surface area contributed by atoms with E-state index in [9.17, 15) is 0 Å². The summed E-state index contributed by atoms with van der Waals surface area (Å²) in [5, 5.41) is 5.15. The van der Waals surface area contributed by atoms with Gasteiger partial charge in [0.1, 0.15) is 0 Å². The van der Waals surface area contributed by atoms with Crippen molar-refractivity contribution in [3.63, 3.8) is 0 Å². The third-order valence-corrected chi connectivity index (χ3v) is 13.0. The highest BCUT2D eigenvalue weighted by Gasteiger charge is 2.18. The van der Waals surface area contributed by atoms with Gasteiger partial charge in [0.2, 0.25) is 0 Å². The molecule has 4 aromatic heterocycles. The molecule has 0 spiro atoms. The van der Waals surface area contributed by atoms with Crippen LogP contribution in [-0.2, 0) is 0 Å². The number of hydrogen-bond donors (Lipinski definition) is 0. The molecule has 0 amide bonds. The van der Waals surface area contributed by atoms with Gasteiger partial charge in [-0.05, 0) is 76.3 Å². The molecule has 11 aromatic rings. The molecule has 262 valence electrons. The Hall–Kier alpha value is -6.79. The largest absolute Gasteiger partial charge is 0.264 e. The van der Waals surface area contributed by atoms with E-state index in [0.29, 0.717) is 5.82 Å². The van der Waals surface area contributed by atoms with Crippen LogP contribution in [0, 0.1) is 0 Å². The second kappa shape index (κ2) is 13.5. The quantitative estimate of drug-likeness (QED) is 0.170. The van der Waals surface area contributed by atoms with Gasteiger partial charge in [0, 0.05) is 75.0 Å². The van der Waals surface area contributed by atoms with Gasteiger partial charge in [0.15, 0.2) is 5.82 Å². The molecule has 0 fully saturated rings. The molecule has 5 heteroatoms. The summed E-state index contributed by atoms with van der Waals surface area (Å²) < 4.78 is 5.17. The van der Waals surface area contributed by atoms with Gasteiger partial charge in [0.25, 0.3) is 0 Å². The first-order chi connectivity index (χ1) is 27.7. The van der Waals surface area contributed by atoms with E-state index in [1.165, 1.54) is 51.5 Å². The molecule has 0 aliphatic rings. The first-order valence-corrected chi connectivity index (χ1v) is 20.3. The lowest BCUT2D eigenvalue weighted by Crippen LogP contribution is -1.97. The monoisotopic (exact) mass is 749 g/mol. The van der Waals surface area contributed by atoms with E-state index in [2.05, 4.69) is 157 Å². The molecular formula is C51H31N3S2. The molecule has 0 atom stereocenters. The van der Waals surface area contributed by atoms with Crippen LogP contribution in [0.3, 0.4) is 0 Å². The van der Waals surface area contributed by atoms with Gasteiger partial charge in [-0.25, -0.2) is 9.97 Å². The van der Waals surface area contributed by atoms with E-state index in [1.54, 1.807) is 6.20 Å². The lowest BCUT2D eigenvalue weighted by Gasteiger charge is -2.14. The number of fused-ring (bicyclic) bond motifs is 6. The molecule has 0 aliphatic heterocycles. The van der Waals surface area contributed by atoms with Crippen LogP contribution in [0.5, 0.6) is 0 Å². The molecule has 0 saturated carbocycles. The Kier molecular flexibility index (Phi) is 7.87. The molecule has 11 rings (SSSR count). The first kappa shape index (κ1) is 32.6. The van der Waals surface area contributed by atoms with E-state index in [4.69, 9.17) is 9.97 Å². The fourth-order valence-corrected chi connectivity index (χ4v) is 10.4. The van der Waals surface area contributed by atoms with Crippen LogP contribution < -0.4 is 0 Å². The van der Waals surface area contributed by atoms with Crippen molar-refractivity contribution < 1.29 is 0 Å². The van der Waals surface area contributed by atoms with E-state index >= 15 is 0 Å². The van der Waals surface area contributed by atoms with Gasteiger partial charge in [-0.1, -0.05) is 127 Å². The molecule has 0 unspecified atom stereocenters. The third-order valence-electron chi connectivity index (χ3n) is 10.6. The predicted molar refractivity (Wildman–Crippen MR) is 238 cm³/mol. The van der Waals surface area contributed by atoms with Gasteiger partial charge in [-0.3, -0.25) is 4.98 Å². The lowest BCUT2D eigenvalue weighted by atomic mass is 9.93.